The fraction of sp³-hybridized carbons (Fsp3) is 0.562. The Morgan fingerprint density at radius 2 is 2.00 bits per heavy atom. The van der Waals surface area contributed by atoms with Crippen LogP contribution in [-0.4, -0.2) is 31.1 Å². The average molecular weight is 276 g/mol. The fourth-order valence-corrected chi connectivity index (χ4v) is 2.45. The van der Waals surface area contributed by atoms with E-state index in [9.17, 15) is 4.79 Å². The molecule has 0 aromatic heterocycles. The minimum atomic E-state index is -0.171. The number of ether oxygens (including phenoxy) is 1. The molecule has 1 aromatic rings. The molecule has 0 aliphatic heterocycles. The van der Waals surface area contributed by atoms with E-state index < -0.39 is 0 Å². The summed E-state index contributed by atoms with van der Waals surface area (Å²) in [6.07, 6.45) is 4.71. The van der Waals surface area contributed by atoms with E-state index >= 15 is 0 Å². The van der Waals surface area contributed by atoms with E-state index in [-0.39, 0.29) is 11.9 Å². The molecular weight excluding hydrogens is 252 g/mol. The van der Waals surface area contributed by atoms with Crippen LogP contribution in [0, 0.1) is 0 Å². The van der Waals surface area contributed by atoms with E-state index in [1.54, 1.807) is 0 Å². The highest BCUT2D eigenvalue weighted by atomic mass is 16.5. The third-order valence-corrected chi connectivity index (χ3v) is 3.66. The lowest BCUT2D eigenvalue weighted by Gasteiger charge is -2.17. The molecule has 110 valence electrons. The van der Waals surface area contributed by atoms with Gasteiger partial charge in [-0.25, -0.2) is 0 Å². The van der Waals surface area contributed by atoms with Crippen molar-refractivity contribution >= 4 is 5.91 Å². The van der Waals surface area contributed by atoms with E-state index in [0.717, 1.165) is 18.6 Å². The zero-order chi connectivity index (χ0) is 14.2. The Morgan fingerprint density at radius 1 is 1.30 bits per heavy atom. The van der Waals surface area contributed by atoms with Crippen LogP contribution in [0.4, 0.5) is 0 Å². The third kappa shape index (κ3) is 4.85. The number of rotatable bonds is 7. The van der Waals surface area contributed by atoms with Crippen molar-refractivity contribution in [2.75, 3.05) is 13.2 Å². The van der Waals surface area contributed by atoms with Gasteiger partial charge in [-0.2, -0.15) is 0 Å². The summed E-state index contributed by atoms with van der Waals surface area (Å²) in [5, 5.41) is 6.28. The molecule has 2 N–H and O–H groups in total. The molecule has 0 unspecified atom stereocenters. The first-order chi connectivity index (χ1) is 9.75. The Bertz CT molecular complexity index is 402. The second kappa shape index (κ2) is 7.90. The topological polar surface area (TPSA) is 50.4 Å². The standard InChI is InChI=1S/C16H24N2O2/c1-13(16(19)18-14-7-5-6-8-14)17-11-12-20-15-9-3-2-4-10-15/h2-4,9-10,13-14,17H,5-8,11-12H2,1H3,(H,18,19)/t13-/m1/s1. The van der Waals surface area contributed by atoms with Gasteiger partial charge in [-0.1, -0.05) is 31.0 Å². The molecule has 1 fully saturated rings. The predicted molar refractivity (Wildman–Crippen MR) is 79.8 cm³/mol. The first-order valence-corrected chi connectivity index (χ1v) is 7.47. The summed E-state index contributed by atoms with van der Waals surface area (Å²) < 4.78 is 5.58. The molecular formula is C16H24N2O2. The number of hydrogen-bond acceptors (Lipinski definition) is 3. The first-order valence-electron chi connectivity index (χ1n) is 7.47. The summed E-state index contributed by atoms with van der Waals surface area (Å²) in [5.74, 6) is 0.953. The molecule has 1 saturated carbocycles. The van der Waals surface area contributed by atoms with Crippen LogP contribution in [-0.2, 0) is 4.79 Å². The van der Waals surface area contributed by atoms with Gasteiger partial charge in [-0.05, 0) is 31.9 Å². The van der Waals surface area contributed by atoms with Crippen molar-refractivity contribution in [3.8, 4) is 5.75 Å². The predicted octanol–water partition coefficient (Wildman–Crippen LogP) is 2.10. The van der Waals surface area contributed by atoms with Crippen molar-refractivity contribution in [3.63, 3.8) is 0 Å². The van der Waals surface area contributed by atoms with Gasteiger partial charge in [0.2, 0.25) is 5.91 Å². The minimum Gasteiger partial charge on any atom is -0.492 e. The van der Waals surface area contributed by atoms with E-state index in [1.807, 2.05) is 37.3 Å². The number of para-hydroxylation sites is 1. The van der Waals surface area contributed by atoms with Gasteiger partial charge >= 0.3 is 0 Å². The highest BCUT2D eigenvalue weighted by Gasteiger charge is 2.19. The normalized spacial score (nSPS) is 16.9. The van der Waals surface area contributed by atoms with Crippen LogP contribution < -0.4 is 15.4 Å². The van der Waals surface area contributed by atoms with Crippen LogP contribution in [0.5, 0.6) is 5.75 Å². The van der Waals surface area contributed by atoms with Gasteiger partial charge in [0.05, 0.1) is 6.04 Å². The Labute approximate surface area is 120 Å². The molecule has 4 heteroatoms. The van der Waals surface area contributed by atoms with Gasteiger partial charge in [-0.3, -0.25) is 4.79 Å². The van der Waals surface area contributed by atoms with Gasteiger partial charge in [0.15, 0.2) is 0 Å². The van der Waals surface area contributed by atoms with Crippen LogP contribution >= 0.6 is 0 Å². The van der Waals surface area contributed by atoms with Gasteiger partial charge in [-0.15, -0.1) is 0 Å². The lowest BCUT2D eigenvalue weighted by atomic mass is 10.2. The second-order valence-electron chi connectivity index (χ2n) is 5.33. The highest BCUT2D eigenvalue weighted by molar-refractivity contribution is 5.81. The fourth-order valence-electron chi connectivity index (χ4n) is 2.45. The molecule has 0 spiro atoms. The lowest BCUT2D eigenvalue weighted by Crippen LogP contribution is -2.46. The number of benzene rings is 1. The van der Waals surface area contributed by atoms with Gasteiger partial charge in [0, 0.05) is 12.6 Å². The summed E-state index contributed by atoms with van der Waals surface area (Å²) in [7, 11) is 0. The summed E-state index contributed by atoms with van der Waals surface area (Å²) >= 11 is 0. The van der Waals surface area contributed by atoms with E-state index in [1.165, 1.54) is 12.8 Å². The zero-order valence-corrected chi connectivity index (χ0v) is 12.1. The average Bonchev–Trinajstić information content (AvgIpc) is 2.97. The Kier molecular flexibility index (Phi) is 5.87. The van der Waals surface area contributed by atoms with Crippen molar-refractivity contribution in [2.24, 2.45) is 0 Å². The first kappa shape index (κ1) is 14.9. The molecule has 1 amide bonds. The SMILES string of the molecule is C[C@@H](NCCOc1ccccc1)C(=O)NC1CCCC1. The molecule has 1 aromatic carbocycles. The third-order valence-electron chi connectivity index (χ3n) is 3.66. The van der Waals surface area contributed by atoms with Crippen molar-refractivity contribution in [2.45, 2.75) is 44.7 Å². The summed E-state index contributed by atoms with van der Waals surface area (Å²) in [5.41, 5.74) is 0. The van der Waals surface area contributed by atoms with Crippen LogP contribution in [0.3, 0.4) is 0 Å². The monoisotopic (exact) mass is 276 g/mol. The molecule has 1 aliphatic rings. The number of carbonyl (C=O) groups is 1. The van der Waals surface area contributed by atoms with Gasteiger partial charge in [0.25, 0.3) is 0 Å². The van der Waals surface area contributed by atoms with Crippen LogP contribution in [0.2, 0.25) is 0 Å². The number of hydrogen-bond donors (Lipinski definition) is 2. The quantitative estimate of drug-likeness (QED) is 0.750. The summed E-state index contributed by atoms with van der Waals surface area (Å²) in [6.45, 7) is 3.12. The van der Waals surface area contributed by atoms with Crippen molar-refractivity contribution in [3.05, 3.63) is 30.3 Å². The van der Waals surface area contributed by atoms with E-state index in [4.69, 9.17) is 4.74 Å². The van der Waals surface area contributed by atoms with E-state index in [2.05, 4.69) is 10.6 Å². The minimum absolute atomic E-state index is 0.0941. The molecule has 1 atom stereocenters. The molecule has 0 saturated heterocycles. The second-order valence-corrected chi connectivity index (χ2v) is 5.33. The molecule has 4 nitrogen and oxygen atoms in total. The lowest BCUT2D eigenvalue weighted by molar-refractivity contribution is -0.123. The highest BCUT2D eigenvalue weighted by Crippen LogP contribution is 2.17. The smallest absolute Gasteiger partial charge is 0.237 e. The Balaban J connectivity index is 1.59. The zero-order valence-electron chi connectivity index (χ0n) is 12.1. The number of amides is 1. The number of nitrogens with one attached hydrogen (secondary N) is 2. The van der Waals surface area contributed by atoms with Crippen molar-refractivity contribution < 1.29 is 9.53 Å². The molecule has 0 radical (unpaired) electrons. The van der Waals surface area contributed by atoms with Crippen molar-refractivity contribution in [1.82, 2.24) is 10.6 Å². The Morgan fingerprint density at radius 3 is 2.70 bits per heavy atom. The maximum atomic E-state index is 11.9. The van der Waals surface area contributed by atoms with Crippen molar-refractivity contribution in [1.29, 1.82) is 0 Å². The summed E-state index contributed by atoms with van der Waals surface area (Å²) in [6, 6.07) is 9.91. The molecule has 20 heavy (non-hydrogen) atoms. The molecule has 0 bridgehead atoms. The molecule has 2 rings (SSSR count). The van der Waals surface area contributed by atoms with E-state index in [0.29, 0.717) is 19.2 Å². The van der Waals surface area contributed by atoms with Crippen LogP contribution in [0.25, 0.3) is 0 Å². The maximum absolute atomic E-state index is 11.9. The van der Waals surface area contributed by atoms with Crippen LogP contribution in [0.15, 0.2) is 30.3 Å². The van der Waals surface area contributed by atoms with Crippen LogP contribution in [0.1, 0.15) is 32.6 Å². The van der Waals surface area contributed by atoms with Gasteiger partial charge in [0.1, 0.15) is 12.4 Å². The molecule has 1 aliphatic carbocycles. The van der Waals surface area contributed by atoms with Gasteiger partial charge < -0.3 is 15.4 Å². The number of carbonyl (C=O) groups excluding carboxylic acids is 1. The molecule has 0 heterocycles. The summed E-state index contributed by atoms with van der Waals surface area (Å²) in [4.78, 5) is 11.9. The largest absolute Gasteiger partial charge is 0.492 e. The maximum Gasteiger partial charge on any atom is 0.237 e. The Hall–Kier alpha value is -1.55.